The molecule has 26 heavy (non-hydrogen) atoms. The summed E-state index contributed by atoms with van der Waals surface area (Å²) in [4.78, 5) is 4.24. The third-order valence-corrected chi connectivity index (χ3v) is 5.22. The molecule has 140 valence electrons. The van der Waals surface area contributed by atoms with Crippen LogP contribution in [-0.2, 0) is 10.9 Å². The van der Waals surface area contributed by atoms with Crippen molar-refractivity contribution in [3.63, 3.8) is 0 Å². The fraction of sp³-hybridized carbons (Fsp3) is 0.562. The van der Waals surface area contributed by atoms with E-state index in [2.05, 4.69) is 15.1 Å². The molecular formula is C16H18F3N5OS. The minimum absolute atomic E-state index is 0.0272. The van der Waals surface area contributed by atoms with E-state index >= 15 is 0 Å². The Bertz CT molecular complexity index is 824. The number of pyridine rings is 1. The van der Waals surface area contributed by atoms with Crippen LogP contribution < -0.4 is 0 Å². The number of ether oxygens (including phenoxy) is 1. The maximum Gasteiger partial charge on any atom is 0.417 e. The van der Waals surface area contributed by atoms with E-state index in [-0.39, 0.29) is 5.92 Å². The smallest absolute Gasteiger partial charge is 0.417 e. The van der Waals surface area contributed by atoms with Crippen molar-refractivity contribution in [1.82, 2.24) is 24.4 Å². The van der Waals surface area contributed by atoms with Crippen LogP contribution in [0.5, 0.6) is 0 Å². The number of fused-ring (bicyclic) bond motifs is 1. The molecule has 0 bridgehead atoms. The first-order valence-corrected chi connectivity index (χ1v) is 8.88. The molecule has 2 saturated heterocycles. The largest absolute Gasteiger partial charge is 0.469 e. The van der Waals surface area contributed by atoms with E-state index in [0.717, 1.165) is 38.2 Å². The van der Waals surface area contributed by atoms with E-state index in [1.54, 1.807) is 0 Å². The normalized spacial score (nSPS) is 22.2. The lowest BCUT2D eigenvalue weighted by atomic mass is 9.97. The highest BCUT2D eigenvalue weighted by molar-refractivity contribution is 7.80. The quantitative estimate of drug-likeness (QED) is 0.757. The Labute approximate surface area is 153 Å². The number of hydrogen-bond donors (Lipinski definition) is 0. The second kappa shape index (κ2) is 6.66. The maximum absolute atomic E-state index is 13.0. The van der Waals surface area contributed by atoms with Crippen molar-refractivity contribution in [1.29, 1.82) is 0 Å². The van der Waals surface area contributed by atoms with Crippen LogP contribution in [0.25, 0.3) is 5.65 Å². The van der Waals surface area contributed by atoms with Crippen LogP contribution in [0.3, 0.4) is 0 Å². The molecule has 10 heteroatoms. The lowest BCUT2D eigenvalue weighted by Crippen LogP contribution is -2.43. The molecule has 0 unspecified atom stereocenters. The topological polar surface area (TPSA) is 45.9 Å². The van der Waals surface area contributed by atoms with Gasteiger partial charge in [-0.25, -0.2) is 0 Å². The Morgan fingerprint density at radius 3 is 2.81 bits per heavy atom. The van der Waals surface area contributed by atoms with Gasteiger partial charge in [0.05, 0.1) is 18.8 Å². The molecule has 4 heterocycles. The summed E-state index contributed by atoms with van der Waals surface area (Å²) in [5.41, 5.74) is -0.266. The van der Waals surface area contributed by atoms with Crippen LogP contribution in [0.2, 0.25) is 0 Å². The summed E-state index contributed by atoms with van der Waals surface area (Å²) < 4.78 is 45.9. The SMILES string of the molecule is FC(F)(F)c1ccc2nnc([C@H]3CCCN(CN4CCOC4=S)C3)n2c1. The molecule has 1 atom stereocenters. The van der Waals surface area contributed by atoms with E-state index in [1.165, 1.54) is 10.5 Å². The van der Waals surface area contributed by atoms with E-state index in [0.29, 0.717) is 36.5 Å². The van der Waals surface area contributed by atoms with Gasteiger partial charge in [0.1, 0.15) is 12.4 Å². The monoisotopic (exact) mass is 385 g/mol. The van der Waals surface area contributed by atoms with Gasteiger partial charge in [-0.1, -0.05) is 0 Å². The molecule has 2 aromatic rings. The molecule has 2 fully saturated rings. The Hall–Kier alpha value is -1.94. The third-order valence-electron chi connectivity index (χ3n) is 4.84. The fourth-order valence-electron chi connectivity index (χ4n) is 3.54. The summed E-state index contributed by atoms with van der Waals surface area (Å²) in [6.07, 6.45) is -1.48. The summed E-state index contributed by atoms with van der Waals surface area (Å²) in [6.45, 7) is 3.66. The number of likely N-dealkylation sites (tertiary alicyclic amines) is 1. The summed E-state index contributed by atoms with van der Waals surface area (Å²) in [6, 6.07) is 2.40. The number of hydrogen-bond acceptors (Lipinski definition) is 5. The van der Waals surface area contributed by atoms with Crippen LogP contribution in [0.15, 0.2) is 18.3 Å². The van der Waals surface area contributed by atoms with Crippen LogP contribution in [0.4, 0.5) is 13.2 Å². The predicted molar refractivity (Wildman–Crippen MR) is 91.7 cm³/mol. The zero-order chi connectivity index (χ0) is 18.3. The van der Waals surface area contributed by atoms with Crippen LogP contribution in [-0.4, -0.2) is 62.5 Å². The highest BCUT2D eigenvalue weighted by Crippen LogP contribution is 2.31. The van der Waals surface area contributed by atoms with Crippen molar-refractivity contribution < 1.29 is 17.9 Å². The average molecular weight is 385 g/mol. The van der Waals surface area contributed by atoms with Crippen molar-refractivity contribution >= 4 is 23.0 Å². The lowest BCUT2D eigenvalue weighted by Gasteiger charge is -2.34. The van der Waals surface area contributed by atoms with Gasteiger partial charge in [-0.3, -0.25) is 9.30 Å². The van der Waals surface area contributed by atoms with Crippen molar-refractivity contribution in [2.75, 3.05) is 32.9 Å². The number of thiocarbonyl (C=S) groups is 1. The molecule has 0 aliphatic carbocycles. The summed E-state index contributed by atoms with van der Waals surface area (Å²) in [7, 11) is 0. The summed E-state index contributed by atoms with van der Waals surface area (Å²) in [5.74, 6) is 0.607. The Kier molecular flexibility index (Phi) is 4.47. The molecule has 2 aliphatic heterocycles. The van der Waals surface area contributed by atoms with Gasteiger partial charge in [-0.2, -0.15) is 13.2 Å². The minimum Gasteiger partial charge on any atom is -0.469 e. The highest BCUT2D eigenvalue weighted by atomic mass is 32.1. The molecule has 0 N–H and O–H groups in total. The average Bonchev–Trinajstić information content (AvgIpc) is 3.20. The van der Waals surface area contributed by atoms with Crippen molar-refractivity contribution in [2.45, 2.75) is 24.9 Å². The molecule has 0 amide bonds. The maximum atomic E-state index is 13.0. The number of piperidine rings is 1. The molecule has 6 nitrogen and oxygen atoms in total. The van der Waals surface area contributed by atoms with Gasteiger partial charge < -0.3 is 9.64 Å². The first-order chi connectivity index (χ1) is 12.4. The van der Waals surface area contributed by atoms with Crippen LogP contribution >= 0.6 is 12.2 Å². The molecule has 0 aromatic carbocycles. The zero-order valence-corrected chi connectivity index (χ0v) is 14.8. The van der Waals surface area contributed by atoms with E-state index in [9.17, 15) is 13.2 Å². The van der Waals surface area contributed by atoms with Crippen molar-refractivity contribution in [3.8, 4) is 0 Å². The van der Waals surface area contributed by atoms with Crippen LogP contribution in [0, 0.1) is 0 Å². The van der Waals surface area contributed by atoms with Gasteiger partial charge in [0.25, 0.3) is 5.17 Å². The first-order valence-electron chi connectivity index (χ1n) is 8.48. The van der Waals surface area contributed by atoms with Gasteiger partial charge in [0, 0.05) is 18.7 Å². The molecular weight excluding hydrogens is 367 g/mol. The van der Waals surface area contributed by atoms with Crippen LogP contribution in [0.1, 0.15) is 30.1 Å². The van der Waals surface area contributed by atoms with Gasteiger partial charge >= 0.3 is 6.18 Å². The summed E-state index contributed by atoms with van der Waals surface area (Å²) >= 11 is 5.17. The molecule has 0 radical (unpaired) electrons. The van der Waals surface area contributed by atoms with Crippen molar-refractivity contribution in [2.24, 2.45) is 0 Å². The standard InChI is InChI=1S/C16H18F3N5OS/c17-16(18,19)12-3-4-13-20-21-14(24(13)9-12)11-2-1-5-22(8-11)10-23-6-7-25-15(23)26/h3-4,9,11H,1-2,5-8,10H2/t11-/m0/s1. The number of alkyl halides is 3. The number of halogens is 3. The molecule has 2 aliphatic rings. The van der Waals surface area contributed by atoms with Gasteiger partial charge in [-0.15, -0.1) is 10.2 Å². The van der Waals surface area contributed by atoms with E-state index < -0.39 is 11.7 Å². The second-order valence-corrected chi connectivity index (χ2v) is 6.99. The van der Waals surface area contributed by atoms with Gasteiger partial charge in [0.2, 0.25) is 0 Å². The van der Waals surface area contributed by atoms with E-state index in [4.69, 9.17) is 17.0 Å². The minimum atomic E-state index is -4.39. The first kappa shape index (κ1) is 17.5. The van der Waals surface area contributed by atoms with Crippen molar-refractivity contribution in [3.05, 3.63) is 29.7 Å². The van der Waals surface area contributed by atoms with Gasteiger partial charge in [-0.05, 0) is 43.7 Å². The van der Waals surface area contributed by atoms with E-state index in [1.807, 2.05) is 4.90 Å². The number of nitrogens with zero attached hydrogens (tertiary/aromatic N) is 5. The highest BCUT2D eigenvalue weighted by Gasteiger charge is 2.32. The Morgan fingerprint density at radius 1 is 1.23 bits per heavy atom. The third kappa shape index (κ3) is 3.35. The molecule has 4 rings (SSSR count). The number of aromatic nitrogens is 3. The number of rotatable bonds is 3. The Balaban J connectivity index is 1.55. The zero-order valence-electron chi connectivity index (χ0n) is 13.9. The molecule has 0 spiro atoms. The summed E-state index contributed by atoms with van der Waals surface area (Å²) in [5, 5.41) is 8.72. The molecule has 2 aromatic heterocycles. The van der Waals surface area contributed by atoms with Gasteiger partial charge in [0.15, 0.2) is 5.65 Å². The lowest BCUT2D eigenvalue weighted by molar-refractivity contribution is -0.137. The molecule has 0 saturated carbocycles. The Morgan fingerprint density at radius 2 is 2.08 bits per heavy atom. The second-order valence-electron chi connectivity index (χ2n) is 6.64. The predicted octanol–water partition coefficient (Wildman–Crippen LogP) is 2.50. The fourth-order valence-corrected chi connectivity index (χ4v) is 3.78.